The lowest BCUT2D eigenvalue weighted by Gasteiger charge is -2.39. The quantitative estimate of drug-likeness (QED) is 0.0738. The van der Waals surface area contributed by atoms with E-state index in [4.69, 9.17) is 0 Å². The Labute approximate surface area is 240 Å². The second-order valence-electron chi connectivity index (χ2n) is 11.6. The third-order valence-corrected chi connectivity index (χ3v) is 7.98. The first kappa shape index (κ1) is 30.9. The molecule has 39 heavy (non-hydrogen) atoms. The minimum atomic E-state index is 1.07. The maximum atomic E-state index is 2.45. The fourth-order valence-corrected chi connectivity index (χ4v) is 5.83. The highest BCUT2D eigenvalue weighted by Crippen LogP contribution is 2.25. The van der Waals surface area contributed by atoms with Crippen molar-refractivity contribution in [1.82, 2.24) is 0 Å². The van der Waals surface area contributed by atoms with Gasteiger partial charge in [-0.3, -0.25) is 0 Å². The molecule has 3 aromatic carbocycles. The topological polar surface area (TPSA) is 0 Å². The predicted octanol–water partition coefficient (Wildman–Crippen LogP) is 11.1. The molecule has 1 heteroatoms. The molecule has 0 aliphatic carbocycles. The van der Waals surface area contributed by atoms with Crippen LogP contribution in [0, 0.1) is 0 Å². The van der Waals surface area contributed by atoms with Gasteiger partial charge in [0.15, 0.2) is 0 Å². The van der Waals surface area contributed by atoms with Crippen LogP contribution in [-0.2, 0) is 19.6 Å². The molecule has 0 spiro atoms. The molecule has 0 aliphatic rings. The minimum Gasteiger partial charge on any atom is -0.312 e. The maximum Gasteiger partial charge on any atom is 0.105 e. The SMILES string of the molecule is CCCCCCCCCC/C=C/CCCCC[N+](Cc1ccccc1)(Cc1ccccc1)Cc1ccccc1. The third-order valence-electron chi connectivity index (χ3n) is 7.98. The molecule has 1 nitrogen and oxygen atoms in total. The van der Waals surface area contributed by atoms with Gasteiger partial charge in [-0.05, 0) is 38.5 Å². The van der Waals surface area contributed by atoms with E-state index in [-0.39, 0.29) is 0 Å². The van der Waals surface area contributed by atoms with E-state index >= 15 is 0 Å². The molecule has 0 saturated heterocycles. The van der Waals surface area contributed by atoms with E-state index in [1.54, 1.807) is 0 Å². The molecule has 210 valence electrons. The van der Waals surface area contributed by atoms with Crippen molar-refractivity contribution in [2.45, 2.75) is 110 Å². The van der Waals surface area contributed by atoms with Gasteiger partial charge >= 0.3 is 0 Å². The molecular formula is C38H54N+. The van der Waals surface area contributed by atoms with Crippen molar-refractivity contribution in [2.75, 3.05) is 6.54 Å². The van der Waals surface area contributed by atoms with Crippen molar-refractivity contribution in [3.8, 4) is 0 Å². The Bertz CT molecular complexity index is 891. The van der Waals surface area contributed by atoms with Crippen LogP contribution in [0.1, 0.15) is 107 Å². The van der Waals surface area contributed by atoms with E-state index in [0.717, 1.165) is 24.1 Å². The fraction of sp³-hybridized carbons (Fsp3) is 0.474. The average Bonchev–Trinajstić information content (AvgIpc) is 2.97. The van der Waals surface area contributed by atoms with Crippen molar-refractivity contribution in [2.24, 2.45) is 0 Å². The number of hydrogen-bond acceptors (Lipinski definition) is 0. The summed E-state index contributed by atoms with van der Waals surface area (Å²) in [7, 11) is 0. The third kappa shape index (κ3) is 13.3. The number of benzene rings is 3. The minimum absolute atomic E-state index is 1.07. The first-order valence-electron chi connectivity index (χ1n) is 15.9. The summed E-state index contributed by atoms with van der Waals surface area (Å²) in [6.07, 6.45) is 22.5. The van der Waals surface area contributed by atoms with Crippen LogP contribution < -0.4 is 0 Å². The predicted molar refractivity (Wildman–Crippen MR) is 170 cm³/mol. The summed E-state index contributed by atoms with van der Waals surface area (Å²) in [5.41, 5.74) is 4.31. The van der Waals surface area contributed by atoms with Gasteiger partial charge < -0.3 is 4.48 Å². The zero-order chi connectivity index (χ0) is 27.3. The van der Waals surface area contributed by atoms with Crippen molar-refractivity contribution in [3.63, 3.8) is 0 Å². The molecule has 3 rings (SSSR count). The molecule has 0 N–H and O–H groups in total. The number of quaternary nitrogens is 1. The van der Waals surface area contributed by atoms with Gasteiger partial charge in [0.1, 0.15) is 19.6 Å². The summed E-state index contributed by atoms with van der Waals surface area (Å²) in [5.74, 6) is 0. The van der Waals surface area contributed by atoms with Crippen LogP contribution in [0.3, 0.4) is 0 Å². The molecule has 0 aliphatic heterocycles. The van der Waals surface area contributed by atoms with Crippen LogP contribution in [0.4, 0.5) is 0 Å². The van der Waals surface area contributed by atoms with Gasteiger partial charge in [0, 0.05) is 16.7 Å². The normalized spacial score (nSPS) is 11.8. The van der Waals surface area contributed by atoms with Gasteiger partial charge in [-0.15, -0.1) is 0 Å². The van der Waals surface area contributed by atoms with E-state index in [0.29, 0.717) is 0 Å². The van der Waals surface area contributed by atoms with Gasteiger partial charge in [0.05, 0.1) is 6.54 Å². The lowest BCUT2D eigenvalue weighted by molar-refractivity contribution is -0.966. The van der Waals surface area contributed by atoms with Gasteiger partial charge in [-0.2, -0.15) is 0 Å². The zero-order valence-corrected chi connectivity index (χ0v) is 24.8. The van der Waals surface area contributed by atoms with Crippen molar-refractivity contribution >= 4 is 0 Å². The van der Waals surface area contributed by atoms with E-state index in [9.17, 15) is 0 Å². The number of rotatable bonds is 21. The molecule has 3 aromatic rings. The summed E-state index contributed by atoms with van der Waals surface area (Å²) < 4.78 is 1.08. The molecule has 0 fully saturated rings. The first-order valence-corrected chi connectivity index (χ1v) is 15.9. The van der Waals surface area contributed by atoms with Crippen LogP contribution in [-0.4, -0.2) is 11.0 Å². The lowest BCUT2D eigenvalue weighted by atomic mass is 10.0. The van der Waals surface area contributed by atoms with Crippen LogP contribution in [0.2, 0.25) is 0 Å². The number of unbranched alkanes of at least 4 members (excludes halogenated alkanes) is 11. The Kier molecular flexibility index (Phi) is 15.4. The van der Waals surface area contributed by atoms with Gasteiger partial charge in [0.2, 0.25) is 0 Å². The second-order valence-corrected chi connectivity index (χ2v) is 11.6. The van der Waals surface area contributed by atoms with Crippen LogP contribution in [0.25, 0.3) is 0 Å². The highest BCUT2D eigenvalue weighted by atomic mass is 15.3. The number of nitrogens with zero attached hydrogens (tertiary/aromatic N) is 1. The van der Waals surface area contributed by atoms with E-state index in [1.165, 1.54) is 107 Å². The zero-order valence-electron chi connectivity index (χ0n) is 24.8. The molecule has 0 radical (unpaired) electrons. The molecule has 0 saturated carbocycles. The first-order chi connectivity index (χ1) is 19.3. The maximum absolute atomic E-state index is 2.45. The molecular weight excluding hydrogens is 470 g/mol. The highest BCUT2D eigenvalue weighted by Gasteiger charge is 2.28. The summed E-state index contributed by atoms with van der Waals surface area (Å²) >= 11 is 0. The summed E-state index contributed by atoms with van der Waals surface area (Å²) in [6, 6.07) is 33.4. The second kappa shape index (κ2) is 19.4. The standard InChI is InChI=1S/C38H54N/c1-2-3-4-5-6-7-8-9-10-11-12-13-14-15-25-32-39(33-36-26-19-16-20-27-36,34-37-28-21-17-22-29-37)35-38-30-23-18-24-31-38/h11-12,16-24,26-31H,2-10,13-15,25,32-35H2,1H3/q+1/b12-11+. The summed E-state index contributed by atoms with van der Waals surface area (Å²) in [5, 5.41) is 0. The molecule has 0 bridgehead atoms. The van der Waals surface area contributed by atoms with Gasteiger partial charge in [-0.25, -0.2) is 0 Å². The van der Waals surface area contributed by atoms with Crippen molar-refractivity contribution in [1.29, 1.82) is 0 Å². The Hall–Kier alpha value is -2.64. The Balaban J connectivity index is 1.49. The Morgan fingerprint density at radius 3 is 1.21 bits per heavy atom. The van der Waals surface area contributed by atoms with Crippen molar-refractivity contribution in [3.05, 3.63) is 120 Å². The van der Waals surface area contributed by atoms with Crippen LogP contribution in [0.5, 0.6) is 0 Å². The lowest BCUT2D eigenvalue weighted by Crippen LogP contribution is -2.46. The Morgan fingerprint density at radius 2 is 0.795 bits per heavy atom. The van der Waals surface area contributed by atoms with Gasteiger partial charge in [0.25, 0.3) is 0 Å². The fourth-order valence-electron chi connectivity index (χ4n) is 5.83. The van der Waals surface area contributed by atoms with E-state index in [2.05, 4.69) is 110 Å². The van der Waals surface area contributed by atoms with Gasteiger partial charge in [-0.1, -0.05) is 155 Å². The van der Waals surface area contributed by atoms with E-state index in [1.807, 2.05) is 0 Å². The largest absolute Gasteiger partial charge is 0.312 e. The summed E-state index contributed by atoms with van der Waals surface area (Å²) in [6.45, 7) is 6.72. The van der Waals surface area contributed by atoms with Crippen molar-refractivity contribution < 1.29 is 4.48 Å². The molecule has 0 atom stereocenters. The monoisotopic (exact) mass is 524 g/mol. The molecule has 0 amide bonds. The molecule has 0 unspecified atom stereocenters. The van der Waals surface area contributed by atoms with Crippen LogP contribution in [0.15, 0.2) is 103 Å². The smallest absolute Gasteiger partial charge is 0.105 e. The molecule has 0 aromatic heterocycles. The number of hydrogen-bond donors (Lipinski definition) is 0. The van der Waals surface area contributed by atoms with Crippen LogP contribution >= 0.6 is 0 Å². The Morgan fingerprint density at radius 1 is 0.436 bits per heavy atom. The van der Waals surface area contributed by atoms with E-state index < -0.39 is 0 Å². The molecule has 0 heterocycles. The number of allylic oxidation sites excluding steroid dienone is 2. The highest BCUT2D eigenvalue weighted by molar-refractivity contribution is 5.17. The summed E-state index contributed by atoms with van der Waals surface area (Å²) in [4.78, 5) is 0. The average molecular weight is 525 g/mol.